The predicted molar refractivity (Wildman–Crippen MR) is 53.0 cm³/mol. The van der Waals surface area contributed by atoms with Crippen molar-refractivity contribution >= 4 is 5.91 Å². The number of nitrogens with one attached hydrogen (secondary N) is 2. The molecule has 0 saturated carbocycles. The fraction of sp³-hybridized carbons (Fsp3) is 0.750. The number of ether oxygens (including phenoxy) is 1. The average Bonchev–Trinajstić information content (AvgIpc) is 2.79. The van der Waals surface area contributed by atoms with E-state index in [-0.39, 0.29) is 12.5 Å². The Morgan fingerprint density at radius 2 is 2.31 bits per heavy atom. The number of carbonyl (C=O) groups excluding carboxylic acids is 1. The lowest BCUT2D eigenvalue weighted by molar-refractivity contribution is -0.129. The van der Waals surface area contributed by atoms with Gasteiger partial charge in [0.2, 0.25) is 5.91 Å². The van der Waals surface area contributed by atoms with Crippen LogP contribution in [0.1, 0.15) is 18.7 Å². The van der Waals surface area contributed by atoms with Gasteiger partial charge >= 0.3 is 0 Å². The van der Waals surface area contributed by atoms with E-state index in [2.05, 4.69) is 25.9 Å². The van der Waals surface area contributed by atoms with Gasteiger partial charge in [0.15, 0.2) is 5.82 Å². The van der Waals surface area contributed by atoms with E-state index in [4.69, 9.17) is 10.5 Å². The SMILES string of the molecule is NC1(C(=O)NCc2nn[nH]n2)CCOCC1. The summed E-state index contributed by atoms with van der Waals surface area (Å²) in [6.07, 6.45) is 1.07. The molecule has 0 spiro atoms. The van der Waals surface area contributed by atoms with Gasteiger partial charge < -0.3 is 15.8 Å². The highest BCUT2D eigenvalue weighted by Gasteiger charge is 2.35. The lowest BCUT2D eigenvalue weighted by Gasteiger charge is -2.31. The first-order chi connectivity index (χ1) is 7.71. The quantitative estimate of drug-likeness (QED) is 0.566. The third-order valence-electron chi connectivity index (χ3n) is 2.63. The Hall–Kier alpha value is -1.54. The molecule has 0 radical (unpaired) electrons. The monoisotopic (exact) mass is 226 g/mol. The number of H-pyrrole nitrogens is 1. The number of carbonyl (C=O) groups is 1. The Bertz CT molecular complexity index is 345. The molecule has 1 saturated heterocycles. The molecule has 0 unspecified atom stereocenters. The highest BCUT2D eigenvalue weighted by molar-refractivity contribution is 5.86. The third kappa shape index (κ3) is 2.34. The molecule has 16 heavy (non-hydrogen) atoms. The highest BCUT2D eigenvalue weighted by atomic mass is 16.5. The van der Waals surface area contributed by atoms with Crippen molar-refractivity contribution < 1.29 is 9.53 Å². The number of aromatic amines is 1. The summed E-state index contributed by atoms with van der Waals surface area (Å²) in [4.78, 5) is 11.8. The topological polar surface area (TPSA) is 119 Å². The smallest absolute Gasteiger partial charge is 0.240 e. The van der Waals surface area contributed by atoms with E-state index < -0.39 is 5.54 Å². The van der Waals surface area contributed by atoms with E-state index in [1.165, 1.54) is 0 Å². The van der Waals surface area contributed by atoms with Crippen molar-refractivity contribution in [3.63, 3.8) is 0 Å². The molecule has 0 bridgehead atoms. The standard InChI is InChI=1S/C8H14N6O2/c9-8(1-3-16-4-2-8)7(15)10-5-6-11-13-14-12-6/h1-5,9H2,(H,10,15)(H,11,12,13,14). The van der Waals surface area contributed by atoms with Crippen LogP contribution >= 0.6 is 0 Å². The minimum atomic E-state index is -0.831. The zero-order valence-corrected chi connectivity index (χ0v) is 8.77. The first-order valence-corrected chi connectivity index (χ1v) is 5.08. The molecule has 2 heterocycles. The zero-order valence-electron chi connectivity index (χ0n) is 8.77. The molecule has 0 aromatic carbocycles. The molecular weight excluding hydrogens is 212 g/mol. The summed E-state index contributed by atoms with van der Waals surface area (Å²) in [5, 5.41) is 15.8. The summed E-state index contributed by atoms with van der Waals surface area (Å²) in [7, 11) is 0. The van der Waals surface area contributed by atoms with Gasteiger partial charge in [-0.05, 0) is 12.8 Å². The number of hydrogen-bond donors (Lipinski definition) is 3. The molecule has 8 heteroatoms. The fourth-order valence-electron chi connectivity index (χ4n) is 1.56. The summed E-state index contributed by atoms with van der Waals surface area (Å²) < 4.78 is 5.17. The maximum absolute atomic E-state index is 11.8. The third-order valence-corrected chi connectivity index (χ3v) is 2.63. The molecule has 1 amide bonds. The van der Waals surface area contributed by atoms with Crippen molar-refractivity contribution in [1.29, 1.82) is 0 Å². The maximum atomic E-state index is 11.8. The van der Waals surface area contributed by atoms with Crippen LogP contribution in [-0.2, 0) is 16.1 Å². The number of aromatic nitrogens is 4. The van der Waals surface area contributed by atoms with E-state index in [9.17, 15) is 4.79 Å². The van der Waals surface area contributed by atoms with E-state index in [1.54, 1.807) is 0 Å². The molecule has 0 aliphatic carbocycles. The van der Waals surface area contributed by atoms with Crippen LogP contribution in [0.5, 0.6) is 0 Å². The van der Waals surface area contributed by atoms with Gasteiger partial charge in [0.1, 0.15) is 0 Å². The van der Waals surface area contributed by atoms with Crippen molar-refractivity contribution in [2.75, 3.05) is 13.2 Å². The zero-order chi connectivity index (χ0) is 11.4. The van der Waals surface area contributed by atoms with Crippen molar-refractivity contribution in [3.8, 4) is 0 Å². The lowest BCUT2D eigenvalue weighted by Crippen LogP contribution is -2.56. The van der Waals surface area contributed by atoms with Gasteiger partial charge in [-0.2, -0.15) is 5.21 Å². The van der Waals surface area contributed by atoms with Gasteiger partial charge in [-0.15, -0.1) is 10.2 Å². The molecule has 88 valence electrons. The number of amides is 1. The predicted octanol–water partition coefficient (Wildman–Crippen LogP) is -1.68. The molecule has 4 N–H and O–H groups in total. The molecule has 2 rings (SSSR count). The van der Waals surface area contributed by atoms with Gasteiger partial charge in [0, 0.05) is 13.2 Å². The van der Waals surface area contributed by atoms with E-state index in [0.717, 1.165) is 0 Å². The average molecular weight is 226 g/mol. The van der Waals surface area contributed by atoms with Crippen molar-refractivity contribution in [3.05, 3.63) is 5.82 Å². The summed E-state index contributed by atoms with van der Waals surface area (Å²) in [6.45, 7) is 1.27. The Labute approximate surface area is 91.9 Å². The van der Waals surface area contributed by atoms with Crippen LogP contribution in [0.15, 0.2) is 0 Å². The normalized spacial score (nSPS) is 19.3. The summed E-state index contributed by atoms with van der Waals surface area (Å²) in [5.74, 6) is 0.240. The fourth-order valence-corrected chi connectivity index (χ4v) is 1.56. The molecule has 1 aliphatic heterocycles. The molecule has 8 nitrogen and oxygen atoms in total. The van der Waals surface area contributed by atoms with E-state index in [0.29, 0.717) is 31.9 Å². The lowest BCUT2D eigenvalue weighted by atomic mass is 9.90. The second kappa shape index (κ2) is 4.54. The minimum absolute atomic E-state index is 0.194. The minimum Gasteiger partial charge on any atom is -0.381 e. The molecule has 0 atom stereocenters. The number of hydrogen-bond acceptors (Lipinski definition) is 6. The van der Waals surface area contributed by atoms with E-state index in [1.807, 2.05) is 0 Å². The molecule has 1 aromatic rings. The Morgan fingerprint density at radius 3 is 2.94 bits per heavy atom. The second-order valence-electron chi connectivity index (χ2n) is 3.78. The summed E-state index contributed by atoms with van der Waals surface area (Å²) >= 11 is 0. The largest absolute Gasteiger partial charge is 0.381 e. The van der Waals surface area contributed by atoms with Crippen LogP contribution in [-0.4, -0.2) is 45.3 Å². The van der Waals surface area contributed by atoms with Gasteiger partial charge in [-0.25, -0.2) is 0 Å². The Balaban J connectivity index is 1.87. The molecule has 1 aromatic heterocycles. The first kappa shape index (κ1) is 11.0. The van der Waals surface area contributed by atoms with Crippen LogP contribution in [0.25, 0.3) is 0 Å². The van der Waals surface area contributed by atoms with Crippen LogP contribution in [0.3, 0.4) is 0 Å². The number of nitrogens with zero attached hydrogens (tertiary/aromatic N) is 3. The molecule has 1 aliphatic rings. The highest BCUT2D eigenvalue weighted by Crippen LogP contribution is 2.17. The van der Waals surface area contributed by atoms with Crippen LogP contribution in [0, 0.1) is 0 Å². The second-order valence-corrected chi connectivity index (χ2v) is 3.78. The molecular formula is C8H14N6O2. The number of tetrazole rings is 1. The number of nitrogens with two attached hydrogens (primary N) is 1. The van der Waals surface area contributed by atoms with Crippen LogP contribution < -0.4 is 11.1 Å². The van der Waals surface area contributed by atoms with Crippen molar-refractivity contribution in [2.45, 2.75) is 24.9 Å². The Morgan fingerprint density at radius 1 is 1.56 bits per heavy atom. The summed E-state index contributed by atoms with van der Waals surface area (Å²) in [6, 6.07) is 0. The maximum Gasteiger partial charge on any atom is 0.240 e. The van der Waals surface area contributed by atoms with Gasteiger partial charge in [0.05, 0.1) is 12.1 Å². The van der Waals surface area contributed by atoms with Gasteiger partial charge in [-0.1, -0.05) is 5.21 Å². The van der Waals surface area contributed by atoms with E-state index >= 15 is 0 Å². The summed E-state index contributed by atoms with van der Waals surface area (Å²) in [5.41, 5.74) is 5.15. The number of rotatable bonds is 3. The molecule has 1 fully saturated rings. The van der Waals surface area contributed by atoms with Gasteiger partial charge in [-0.3, -0.25) is 4.79 Å². The van der Waals surface area contributed by atoms with Crippen molar-refractivity contribution in [2.24, 2.45) is 5.73 Å². The Kier molecular flexibility index (Phi) is 3.11. The van der Waals surface area contributed by atoms with Gasteiger partial charge in [0.25, 0.3) is 0 Å². The van der Waals surface area contributed by atoms with Crippen LogP contribution in [0.4, 0.5) is 0 Å². The van der Waals surface area contributed by atoms with Crippen LogP contribution in [0.2, 0.25) is 0 Å². The van der Waals surface area contributed by atoms with Crippen molar-refractivity contribution in [1.82, 2.24) is 25.9 Å². The first-order valence-electron chi connectivity index (χ1n) is 5.08.